The van der Waals surface area contributed by atoms with Gasteiger partial charge in [0.2, 0.25) is 0 Å². The Balaban J connectivity index is 1.63. The highest BCUT2D eigenvalue weighted by Crippen LogP contribution is 2.31. The van der Waals surface area contributed by atoms with Crippen LogP contribution in [0.4, 0.5) is 18.9 Å². The van der Waals surface area contributed by atoms with E-state index in [9.17, 15) is 18.0 Å². The van der Waals surface area contributed by atoms with Gasteiger partial charge >= 0.3 is 6.18 Å². The minimum Gasteiger partial charge on any atom is -0.308 e. The minimum absolute atomic E-state index is 0.277. The highest BCUT2D eigenvalue weighted by atomic mass is 19.4. The first-order valence-electron chi connectivity index (χ1n) is 7.91. The number of rotatable bonds is 2. The van der Waals surface area contributed by atoms with E-state index in [1.807, 2.05) is 6.07 Å². The highest BCUT2D eigenvalue weighted by molar-refractivity contribution is 6.07. The molecule has 0 aliphatic carbocycles. The SMILES string of the molecule is O=C1c2cn(-c3cccnc3)nc2CCN1c1ccc(C(F)(F)F)cc1. The quantitative estimate of drug-likeness (QED) is 0.705. The third-order valence-corrected chi connectivity index (χ3v) is 4.26. The van der Waals surface area contributed by atoms with Gasteiger partial charge in [0.25, 0.3) is 5.91 Å². The van der Waals surface area contributed by atoms with Crippen LogP contribution in [0.1, 0.15) is 21.6 Å². The van der Waals surface area contributed by atoms with Crippen molar-refractivity contribution in [1.82, 2.24) is 14.8 Å². The lowest BCUT2D eigenvalue weighted by molar-refractivity contribution is -0.137. The van der Waals surface area contributed by atoms with E-state index in [0.29, 0.717) is 29.9 Å². The zero-order valence-electron chi connectivity index (χ0n) is 13.4. The second kappa shape index (κ2) is 5.98. The molecule has 5 nitrogen and oxygen atoms in total. The second-order valence-electron chi connectivity index (χ2n) is 5.90. The molecule has 26 heavy (non-hydrogen) atoms. The Labute approximate surface area is 146 Å². The van der Waals surface area contributed by atoms with Crippen LogP contribution in [0.3, 0.4) is 0 Å². The minimum atomic E-state index is -4.40. The molecule has 3 aromatic rings. The lowest BCUT2D eigenvalue weighted by Gasteiger charge is -2.26. The molecule has 132 valence electrons. The molecular weight excluding hydrogens is 345 g/mol. The molecule has 0 atom stereocenters. The Hall–Kier alpha value is -3.16. The van der Waals surface area contributed by atoms with Crippen LogP contribution in [0.15, 0.2) is 55.0 Å². The average molecular weight is 358 g/mol. The number of halogens is 3. The molecule has 0 saturated heterocycles. The van der Waals surface area contributed by atoms with Gasteiger partial charge in [-0.05, 0) is 36.4 Å². The number of anilines is 1. The fourth-order valence-corrected chi connectivity index (χ4v) is 2.94. The van der Waals surface area contributed by atoms with Crippen molar-refractivity contribution in [3.63, 3.8) is 0 Å². The monoisotopic (exact) mass is 358 g/mol. The lowest BCUT2D eigenvalue weighted by Crippen LogP contribution is -2.37. The van der Waals surface area contributed by atoms with Crippen LogP contribution >= 0.6 is 0 Å². The molecule has 0 saturated carbocycles. The fourth-order valence-electron chi connectivity index (χ4n) is 2.94. The van der Waals surface area contributed by atoms with E-state index < -0.39 is 11.7 Å². The average Bonchev–Trinajstić information content (AvgIpc) is 3.08. The second-order valence-corrected chi connectivity index (χ2v) is 5.90. The summed E-state index contributed by atoms with van der Waals surface area (Å²) >= 11 is 0. The van der Waals surface area contributed by atoms with Crippen molar-refractivity contribution < 1.29 is 18.0 Å². The number of nitrogens with zero attached hydrogens (tertiary/aromatic N) is 4. The first-order valence-corrected chi connectivity index (χ1v) is 7.91. The maximum atomic E-state index is 12.8. The molecule has 0 radical (unpaired) electrons. The summed E-state index contributed by atoms with van der Waals surface area (Å²) in [5.74, 6) is -0.277. The molecule has 1 aromatic carbocycles. The van der Waals surface area contributed by atoms with Gasteiger partial charge in [0.15, 0.2) is 0 Å². The van der Waals surface area contributed by atoms with E-state index in [1.54, 1.807) is 29.3 Å². The summed E-state index contributed by atoms with van der Waals surface area (Å²) in [4.78, 5) is 18.3. The van der Waals surface area contributed by atoms with Crippen LogP contribution in [-0.4, -0.2) is 27.2 Å². The normalized spacial score (nSPS) is 14.4. The van der Waals surface area contributed by atoms with Crippen LogP contribution in [0.25, 0.3) is 5.69 Å². The molecule has 1 amide bonds. The number of fused-ring (bicyclic) bond motifs is 1. The van der Waals surface area contributed by atoms with Gasteiger partial charge in [-0.2, -0.15) is 18.3 Å². The van der Waals surface area contributed by atoms with Gasteiger partial charge in [0.05, 0.1) is 28.7 Å². The number of carbonyl (C=O) groups is 1. The van der Waals surface area contributed by atoms with Gasteiger partial charge in [-0.15, -0.1) is 0 Å². The third-order valence-electron chi connectivity index (χ3n) is 4.26. The first kappa shape index (κ1) is 16.3. The predicted octanol–water partition coefficient (Wildman–Crippen LogP) is 3.49. The third kappa shape index (κ3) is 2.83. The lowest BCUT2D eigenvalue weighted by atomic mass is 10.1. The Morgan fingerprint density at radius 1 is 1.04 bits per heavy atom. The molecule has 0 spiro atoms. The van der Waals surface area contributed by atoms with E-state index in [-0.39, 0.29) is 5.91 Å². The Kier molecular flexibility index (Phi) is 3.75. The van der Waals surface area contributed by atoms with Crippen molar-refractivity contribution in [2.45, 2.75) is 12.6 Å². The summed E-state index contributed by atoms with van der Waals surface area (Å²) in [6, 6.07) is 8.19. The number of pyridine rings is 1. The summed E-state index contributed by atoms with van der Waals surface area (Å²) in [6.07, 6.45) is 1.03. The molecule has 1 aliphatic heterocycles. The van der Waals surface area contributed by atoms with Crippen LogP contribution in [-0.2, 0) is 12.6 Å². The molecule has 4 rings (SSSR count). The predicted molar refractivity (Wildman–Crippen MR) is 88.2 cm³/mol. The van der Waals surface area contributed by atoms with Crippen LogP contribution in [0.5, 0.6) is 0 Å². The molecule has 2 aromatic heterocycles. The number of amides is 1. The summed E-state index contributed by atoms with van der Waals surface area (Å²) in [5, 5.41) is 4.43. The van der Waals surface area contributed by atoms with Gasteiger partial charge < -0.3 is 4.90 Å². The summed E-state index contributed by atoms with van der Waals surface area (Å²) < 4.78 is 39.7. The largest absolute Gasteiger partial charge is 0.416 e. The van der Waals surface area contributed by atoms with Gasteiger partial charge in [0.1, 0.15) is 0 Å². The maximum absolute atomic E-state index is 12.8. The van der Waals surface area contributed by atoms with Crippen molar-refractivity contribution in [2.24, 2.45) is 0 Å². The van der Waals surface area contributed by atoms with Gasteiger partial charge in [-0.1, -0.05) is 0 Å². The molecule has 0 bridgehead atoms. The Bertz CT molecular complexity index is 949. The molecule has 0 N–H and O–H groups in total. The van der Waals surface area contributed by atoms with E-state index >= 15 is 0 Å². The Morgan fingerprint density at radius 3 is 2.46 bits per heavy atom. The topological polar surface area (TPSA) is 51.0 Å². The molecule has 1 aliphatic rings. The number of aromatic nitrogens is 3. The summed E-state index contributed by atoms with van der Waals surface area (Å²) in [6.45, 7) is 0.362. The maximum Gasteiger partial charge on any atom is 0.416 e. The van der Waals surface area contributed by atoms with E-state index in [1.165, 1.54) is 17.0 Å². The summed E-state index contributed by atoms with van der Waals surface area (Å²) in [7, 11) is 0. The van der Waals surface area contributed by atoms with Crippen molar-refractivity contribution in [2.75, 3.05) is 11.4 Å². The van der Waals surface area contributed by atoms with Crippen LogP contribution in [0.2, 0.25) is 0 Å². The number of benzene rings is 1. The smallest absolute Gasteiger partial charge is 0.308 e. The molecule has 0 unspecified atom stereocenters. The van der Waals surface area contributed by atoms with E-state index in [0.717, 1.165) is 17.8 Å². The zero-order chi connectivity index (χ0) is 18.3. The zero-order valence-corrected chi connectivity index (χ0v) is 13.4. The van der Waals surface area contributed by atoms with Crippen molar-refractivity contribution in [3.05, 3.63) is 71.8 Å². The van der Waals surface area contributed by atoms with Gasteiger partial charge in [0, 0.05) is 31.0 Å². The van der Waals surface area contributed by atoms with Crippen molar-refractivity contribution in [3.8, 4) is 5.69 Å². The number of carbonyl (C=O) groups excluding carboxylic acids is 1. The standard InChI is InChI=1S/C18H13F3N4O/c19-18(20,21)12-3-5-13(6-4-12)24-9-7-16-15(17(24)26)11-25(23-16)14-2-1-8-22-10-14/h1-6,8,10-11H,7,9H2. The van der Waals surface area contributed by atoms with Crippen LogP contribution in [0, 0.1) is 0 Å². The number of alkyl halides is 3. The van der Waals surface area contributed by atoms with Gasteiger partial charge in [-0.25, -0.2) is 4.68 Å². The van der Waals surface area contributed by atoms with Gasteiger partial charge in [-0.3, -0.25) is 9.78 Å². The molecular formula is C18H13F3N4O. The van der Waals surface area contributed by atoms with Crippen molar-refractivity contribution in [1.29, 1.82) is 0 Å². The number of hydrogen-bond donors (Lipinski definition) is 0. The van der Waals surface area contributed by atoms with Crippen LogP contribution < -0.4 is 4.90 Å². The first-order chi connectivity index (χ1) is 12.4. The fraction of sp³-hybridized carbons (Fsp3) is 0.167. The molecule has 0 fully saturated rings. The Morgan fingerprint density at radius 2 is 1.81 bits per heavy atom. The van der Waals surface area contributed by atoms with Crippen molar-refractivity contribution >= 4 is 11.6 Å². The highest BCUT2D eigenvalue weighted by Gasteiger charge is 2.32. The summed E-state index contributed by atoms with van der Waals surface area (Å²) in [5.41, 5.74) is 1.54. The molecule has 3 heterocycles. The van der Waals surface area contributed by atoms with E-state index in [4.69, 9.17) is 0 Å². The molecule has 8 heteroatoms. The number of hydrogen-bond acceptors (Lipinski definition) is 3. The van der Waals surface area contributed by atoms with E-state index in [2.05, 4.69) is 10.1 Å².